The van der Waals surface area contributed by atoms with E-state index in [0.717, 1.165) is 29.9 Å². The molecule has 3 nitrogen and oxygen atoms in total. The van der Waals surface area contributed by atoms with Crippen LogP contribution in [-0.4, -0.2) is 9.78 Å². The van der Waals surface area contributed by atoms with Crippen LogP contribution in [-0.2, 0) is 20.0 Å². The summed E-state index contributed by atoms with van der Waals surface area (Å²) in [4.78, 5) is 0. The van der Waals surface area contributed by atoms with Crippen molar-refractivity contribution in [3.05, 3.63) is 53.1 Å². The van der Waals surface area contributed by atoms with Gasteiger partial charge in [-0.3, -0.25) is 4.68 Å². The lowest BCUT2D eigenvalue weighted by Gasteiger charge is -2.14. The summed E-state index contributed by atoms with van der Waals surface area (Å²) in [5.41, 5.74) is 3.35. The van der Waals surface area contributed by atoms with E-state index < -0.39 is 0 Å². The van der Waals surface area contributed by atoms with Crippen LogP contribution in [0.4, 0.5) is 4.39 Å². The number of hydrogen-bond acceptors (Lipinski definition) is 2. The van der Waals surface area contributed by atoms with Gasteiger partial charge in [-0.25, -0.2) is 4.39 Å². The molecule has 0 spiro atoms. The Balaban J connectivity index is 1.97. The molecule has 0 amide bonds. The number of aryl methyl sites for hydroxylation is 2. The average molecular weight is 261 g/mol. The van der Waals surface area contributed by atoms with E-state index in [4.69, 9.17) is 0 Å². The molecule has 0 aliphatic carbocycles. The van der Waals surface area contributed by atoms with Crippen LogP contribution < -0.4 is 5.32 Å². The van der Waals surface area contributed by atoms with Gasteiger partial charge in [-0.15, -0.1) is 0 Å². The molecule has 0 saturated heterocycles. The van der Waals surface area contributed by atoms with Gasteiger partial charge in [0.1, 0.15) is 5.82 Å². The molecule has 1 heterocycles. The van der Waals surface area contributed by atoms with Crippen molar-refractivity contribution in [3.63, 3.8) is 0 Å². The number of benzene rings is 1. The fourth-order valence-electron chi connectivity index (χ4n) is 2.04. The molecule has 0 radical (unpaired) electrons. The number of aromatic nitrogens is 2. The van der Waals surface area contributed by atoms with E-state index in [1.54, 1.807) is 0 Å². The Bertz CT molecular complexity index is 531. The van der Waals surface area contributed by atoms with Gasteiger partial charge in [0.25, 0.3) is 0 Å². The molecule has 1 atom stereocenters. The summed E-state index contributed by atoms with van der Waals surface area (Å²) in [5, 5.41) is 7.85. The standard InChI is InChI=1S/C15H20FN3/c1-4-14-9-15(19(3)18-14)10-17-11(2)12-5-7-13(16)8-6-12/h5-9,11,17H,4,10H2,1-3H3. The SMILES string of the molecule is CCc1cc(CNC(C)c2ccc(F)cc2)n(C)n1. The molecule has 0 fully saturated rings. The third kappa shape index (κ3) is 3.41. The van der Waals surface area contributed by atoms with E-state index in [-0.39, 0.29) is 11.9 Å². The lowest BCUT2D eigenvalue weighted by molar-refractivity contribution is 0.546. The normalized spacial score (nSPS) is 12.6. The van der Waals surface area contributed by atoms with E-state index >= 15 is 0 Å². The highest BCUT2D eigenvalue weighted by Gasteiger charge is 2.08. The van der Waals surface area contributed by atoms with Crippen molar-refractivity contribution in [2.45, 2.75) is 32.9 Å². The minimum absolute atomic E-state index is 0.181. The molecule has 19 heavy (non-hydrogen) atoms. The van der Waals surface area contributed by atoms with Crippen molar-refractivity contribution < 1.29 is 4.39 Å². The first-order chi connectivity index (χ1) is 9.10. The summed E-state index contributed by atoms with van der Waals surface area (Å²) >= 11 is 0. The monoisotopic (exact) mass is 261 g/mol. The van der Waals surface area contributed by atoms with Crippen molar-refractivity contribution in [1.29, 1.82) is 0 Å². The van der Waals surface area contributed by atoms with Crippen LogP contribution in [0.2, 0.25) is 0 Å². The van der Waals surface area contributed by atoms with Crippen LogP contribution in [0.1, 0.15) is 36.8 Å². The summed E-state index contributed by atoms with van der Waals surface area (Å²) in [5.74, 6) is -0.199. The average Bonchev–Trinajstić information content (AvgIpc) is 2.77. The zero-order valence-electron chi connectivity index (χ0n) is 11.7. The maximum atomic E-state index is 12.9. The molecule has 1 N–H and O–H groups in total. The predicted molar refractivity (Wildman–Crippen MR) is 74.2 cm³/mol. The van der Waals surface area contributed by atoms with Crippen LogP contribution in [0.15, 0.2) is 30.3 Å². The van der Waals surface area contributed by atoms with E-state index in [1.165, 1.54) is 12.1 Å². The first-order valence-corrected chi connectivity index (χ1v) is 6.60. The van der Waals surface area contributed by atoms with Crippen molar-refractivity contribution >= 4 is 0 Å². The first kappa shape index (κ1) is 13.7. The largest absolute Gasteiger partial charge is 0.305 e. The molecule has 0 bridgehead atoms. The number of hydrogen-bond donors (Lipinski definition) is 1. The van der Waals surface area contributed by atoms with Crippen molar-refractivity contribution in [3.8, 4) is 0 Å². The first-order valence-electron chi connectivity index (χ1n) is 6.60. The minimum Gasteiger partial charge on any atom is -0.305 e. The molecular weight excluding hydrogens is 241 g/mol. The highest BCUT2D eigenvalue weighted by Crippen LogP contribution is 2.14. The van der Waals surface area contributed by atoms with Gasteiger partial charge in [0.15, 0.2) is 0 Å². The second-order valence-corrected chi connectivity index (χ2v) is 4.76. The zero-order valence-corrected chi connectivity index (χ0v) is 11.7. The Labute approximate surface area is 113 Å². The fourth-order valence-corrected chi connectivity index (χ4v) is 2.04. The van der Waals surface area contributed by atoms with E-state index in [1.807, 2.05) is 23.9 Å². The van der Waals surface area contributed by atoms with Gasteiger partial charge in [0.2, 0.25) is 0 Å². The summed E-state index contributed by atoms with van der Waals surface area (Å²) in [6.45, 7) is 4.92. The molecule has 4 heteroatoms. The summed E-state index contributed by atoms with van der Waals surface area (Å²) < 4.78 is 14.8. The van der Waals surface area contributed by atoms with Crippen molar-refractivity contribution in [2.75, 3.05) is 0 Å². The van der Waals surface area contributed by atoms with Crippen molar-refractivity contribution in [1.82, 2.24) is 15.1 Å². The molecule has 0 saturated carbocycles. The van der Waals surface area contributed by atoms with Crippen LogP contribution >= 0.6 is 0 Å². The fraction of sp³-hybridized carbons (Fsp3) is 0.400. The van der Waals surface area contributed by atoms with E-state index in [2.05, 4.69) is 30.3 Å². The third-order valence-electron chi connectivity index (χ3n) is 3.35. The van der Waals surface area contributed by atoms with Gasteiger partial charge in [-0.2, -0.15) is 5.10 Å². The zero-order chi connectivity index (χ0) is 13.8. The minimum atomic E-state index is -0.199. The quantitative estimate of drug-likeness (QED) is 0.896. The molecule has 2 rings (SSSR count). The maximum Gasteiger partial charge on any atom is 0.123 e. The smallest absolute Gasteiger partial charge is 0.123 e. The second kappa shape index (κ2) is 5.97. The number of nitrogens with one attached hydrogen (secondary N) is 1. The lowest BCUT2D eigenvalue weighted by Crippen LogP contribution is -2.19. The summed E-state index contributed by atoms with van der Waals surface area (Å²) in [7, 11) is 1.96. The van der Waals surface area contributed by atoms with Gasteiger partial charge >= 0.3 is 0 Å². The number of halogens is 1. The number of nitrogens with zero attached hydrogens (tertiary/aromatic N) is 2. The van der Waals surface area contributed by atoms with Crippen LogP contribution in [0.5, 0.6) is 0 Å². The topological polar surface area (TPSA) is 29.9 Å². The second-order valence-electron chi connectivity index (χ2n) is 4.76. The van der Waals surface area contributed by atoms with Gasteiger partial charge in [-0.1, -0.05) is 19.1 Å². The van der Waals surface area contributed by atoms with Crippen molar-refractivity contribution in [2.24, 2.45) is 7.05 Å². The molecule has 2 aromatic rings. The van der Waals surface area contributed by atoms with Crippen LogP contribution in [0.25, 0.3) is 0 Å². The molecule has 1 aromatic carbocycles. The van der Waals surface area contributed by atoms with E-state index in [9.17, 15) is 4.39 Å². The number of rotatable bonds is 5. The highest BCUT2D eigenvalue weighted by atomic mass is 19.1. The maximum absolute atomic E-state index is 12.9. The Morgan fingerprint density at radius 3 is 2.58 bits per heavy atom. The van der Waals surface area contributed by atoms with Gasteiger partial charge in [0.05, 0.1) is 11.4 Å². The van der Waals surface area contributed by atoms with Gasteiger partial charge in [-0.05, 0) is 37.1 Å². The predicted octanol–water partition coefficient (Wildman–Crippen LogP) is 2.97. The summed E-state index contributed by atoms with van der Waals surface area (Å²) in [6, 6.07) is 8.91. The Morgan fingerprint density at radius 2 is 2.00 bits per heavy atom. The Kier molecular flexibility index (Phi) is 4.32. The molecule has 1 aromatic heterocycles. The van der Waals surface area contributed by atoms with Crippen LogP contribution in [0, 0.1) is 5.82 Å². The Morgan fingerprint density at radius 1 is 1.32 bits per heavy atom. The molecule has 0 aliphatic rings. The summed E-state index contributed by atoms with van der Waals surface area (Å²) in [6.07, 6.45) is 0.946. The molecule has 1 unspecified atom stereocenters. The van der Waals surface area contributed by atoms with Gasteiger partial charge < -0.3 is 5.32 Å². The molecule has 102 valence electrons. The van der Waals surface area contributed by atoms with Crippen LogP contribution in [0.3, 0.4) is 0 Å². The lowest BCUT2D eigenvalue weighted by atomic mass is 10.1. The third-order valence-corrected chi connectivity index (χ3v) is 3.35. The molecular formula is C15H20FN3. The van der Waals surface area contributed by atoms with E-state index in [0.29, 0.717) is 0 Å². The highest BCUT2D eigenvalue weighted by molar-refractivity contribution is 5.19. The Hall–Kier alpha value is -1.68. The van der Waals surface area contributed by atoms with Gasteiger partial charge in [0, 0.05) is 19.6 Å². The molecule has 0 aliphatic heterocycles.